The average molecular weight is 398 g/mol. The van der Waals surface area contributed by atoms with Gasteiger partial charge in [-0.15, -0.1) is 11.8 Å². The minimum absolute atomic E-state index is 0.971. The third-order valence-electron chi connectivity index (χ3n) is 4.89. The Morgan fingerprint density at radius 2 is 1.71 bits per heavy atom. The van der Waals surface area contributed by atoms with E-state index in [1.54, 1.807) is 11.8 Å². The monoisotopic (exact) mass is 397 g/mol. The first-order chi connectivity index (χ1) is 13.5. The second kappa shape index (κ2) is 8.86. The van der Waals surface area contributed by atoms with Gasteiger partial charge in [0, 0.05) is 50.2 Å². The second-order valence-electron chi connectivity index (χ2n) is 7.24. The first-order valence-electron chi connectivity index (χ1n) is 9.97. The number of hydrogen-bond acceptors (Lipinski definition) is 5. The molecule has 0 N–H and O–H groups in total. The maximum Gasteiger partial charge on any atom is 0.147 e. The summed E-state index contributed by atoms with van der Waals surface area (Å²) in [5, 5.41) is 1.09. The Morgan fingerprint density at radius 1 is 1.00 bits per heavy atom. The van der Waals surface area contributed by atoms with E-state index in [4.69, 9.17) is 9.97 Å². The molecule has 28 heavy (non-hydrogen) atoms. The maximum absolute atomic E-state index is 5.04. The summed E-state index contributed by atoms with van der Waals surface area (Å²) >= 11 is 1.72. The van der Waals surface area contributed by atoms with Crippen LogP contribution < -0.4 is 9.80 Å². The van der Waals surface area contributed by atoms with Crippen molar-refractivity contribution >= 4 is 29.0 Å². The molecule has 0 saturated carbocycles. The summed E-state index contributed by atoms with van der Waals surface area (Å²) in [4.78, 5) is 14.3. The van der Waals surface area contributed by atoms with Gasteiger partial charge >= 0.3 is 0 Å². The van der Waals surface area contributed by atoms with Crippen LogP contribution in [0.4, 0.5) is 11.6 Å². The van der Waals surface area contributed by atoms with Crippen molar-refractivity contribution in [1.82, 2.24) is 14.4 Å². The highest BCUT2D eigenvalue weighted by molar-refractivity contribution is 7.98. The van der Waals surface area contributed by atoms with Gasteiger partial charge in [0.05, 0.1) is 0 Å². The van der Waals surface area contributed by atoms with Crippen molar-refractivity contribution in [2.45, 2.75) is 38.6 Å². The minimum atomic E-state index is 0.971. The smallest absolute Gasteiger partial charge is 0.147 e. The molecule has 0 saturated heterocycles. The Morgan fingerprint density at radius 3 is 2.29 bits per heavy atom. The fourth-order valence-corrected chi connectivity index (χ4v) is 4.20. The zero-order chi connectivity index (χ0) is 20.3. The Hall–Kier alpha value is -2.21. The van der Waals surface area contributed by atoms with Gasteiger partial charge in [0.25, 0.3) is 0 Å². The Labute approximate surface area is 172 Å². The summed E-state index contributed by atoms with van der Waals surface area (Å²) < 4.78 is 2.26. The van der Waals surface area contributed by atoms with Gasteiger partial charge in [-0.25, -0.2) is 9.97 Å². The number of pyridine rings is 2. The fourth-order valence-electron chi connectivity index (χ4n) is 3.61. The van der Waals surface area contributed by atoms with Gasteiger partial charge in [0.1, 0.15) is 22.3 Å². The molecule has 0 fully saturated rings. The lowest BCUT2D eigenvalue weighted by Crippen LogP contribution is -2.26. The summed E-state index contributed by atoms with van der Waals surface area (Å²) in [5.74, 6) is 2.18. The van der Waals surface area contributed by atoms with E-state index in [-0.39, 0.29) is 0 Å². The van der Waals surface area contributed by atoms with Crippen molar-refractivity contribution in [3.63, 3.8) is 0 Å². The molecule has 3 heterocycles. The third-order valence-corrected chi connectivity index (χ3v) is 5.55. The SMILES string of the molecule is CCCN(CCC)c1c(SC)nc2c(-c3ccc(N(C)C)nc3C)cccn12. The molecular weight excluding hydrogens is 366 g/mol. The van der Waals surface area contributed by atoms with Gasteiger partial charge in [-0.05, 0) is 50.3 Å². The molecule has 0 aliphatic heterocycles. The van der Waals surface area contributed by atoms with Crippen molar-refractivity contribution in [3.8, 4) is 11.1 Å². The Bertz CT molecular complexity index is 941. The molecule has 0 unspecified atom stereocenters. The first-order valence-corrected chi connectivity index (χ1v) is 11.2. The lowest BCUT2D eigenvalue weighted by Gasteiger charge is -2.24. The van der Waals surface area contributed by atoms with Gasteiger partial charge in [-0.1, -0.05) is 13.8 Å². The number of rotatable bonds is 8. The number of imidazole rings is 1. The molecule has 0 aliphatic carbocycles. The molecule has 6 heteroatoms. The fraction of sp³-hybridized carbons (Fsp3) is 0.455. The van der Waals surface area contributed by atoms with E-state index in [9.17, 15) is 0 Å². The number of hydrogen-bond donors (Lipinski definition) is 0. The van der Waals surface area contributed by atoms with E-state index in [0.717, 1.165) is 59.2 Å². The highest BCUT2D eigenvalue weighted by Gasteiger charge is 2.20. The Balaban J connectivity index is 2.19. The van der Waals surface area contributed by atoms with Gasteiger partial charge in [0.15, 0.2) is 0 Å². The predicted molar refractivity (Wildman–Crippen MR) is 122 cm³/mol. The largest absolute Gasteiger partial charge is 0.363 e. The quantitative estimate of drug-likeness (QED) is 0.493. The van der Waals surface area contributed by atoms with Gasteiger partial charge in [0.2, 0.25) is 0 Å². The van der Waals surface area contributed by atoms with Crippen LogP contribution in [0.1, 0.15) is 32.4 Å². The first kappa shape index (κ1) is 20.5. The summed E-state index contributed by atoms with van der Waals surface area (Å²) in [6.07, 6.45) is 6.49. The lowest BCUT2D eigenvalue weighted by atomic mass is 10.1. The topological polar surface area (TPSA) is 36.7 Å². The number of aryl methyl sites for hydroxylation is 1. The highest BCUT2D eigenvalue weighted by atomic mass is 32.2. The van der Waals surface area contributed by atoms with E-state index in [1.807, 2.05) is 19.0 Å². The molecule has 0 radical (unpaired) electrons. The molecule has 0 aliphatic rings. The van der Waals surface area contributed by atoms with Crippen molar-refractivity contribution in [1.29, 1.82) is 0 Å². The van der Waals surface area contributed by atoms with Crippen LogP contribution in [0.3, 0.4) is 0 Å². The molecule has 3 aromatic heterocycles. The van der Waals surface area contributed by atoms with E-state index >= 15 is 0 Å². The van der Waals surface area contributed by atoms with Crippen molar-refractivity contribution in [3.05, 3.63) is 36.2 Å². The molecule has 3 aromatic rings. The summed E-state index contributed by atoms with van der Waals surface area (Å²) in [6.45, 7) is 8.62. The van der Waals surface area contributed by atoms with E-state index in [2.05, 4.69) is 66.8 Å². The van der Waals surface area contributed by atoms with Crippen LogP contribution in [0.2, 0.25) is 0 Å². The molecule has 0 aromatic carbocycles. The van der Waals surface area contributed by atoms with Crippen LogP contribution in [-0.2, 0) is 0 Å². The third kappa shape index (κ3) is 3.83. The number of nitrogens with zero attached hydrogens (tertiary/aromatic N) is 5. The minimum Gasteiger partial charge on any atom is -0.363 e. The zero-order valence-electron chi connectivity index (χ0n) is 17.9. The lowest BCUT2D eigenvalue weighted by molar-refractivity contribution is 0.723. The molecule has 3 rings (SSSR count). The van der Waals surface area contributed by atoms with Crippen LogP contribution in [0.15, 0.2) is 35.5 Å². The van der Waals surface area contributed by atoms with Crippen LogP contribution in [-0.4, -0.2) is 47.8 Å². The van der Waals surface area contributed by atoms with Crippen molar-refractivity contribution in [2.75, 3.05) is 43.2 Å². The van der Waals surface area contributed by atoms with Crippen LogP contribution in [0.5, 0.6) is 0 Å². The molecule has 5 nitrogen and oxygen atoms in total. The van der Waals surface area contributed by atoms with Gasteiger partial charge < -0.3 is 9.80 Å². The summed E-state index contributed by atoms with van der Waals surface area (Å²) in [6, 6.07) is 8.51. The summed E-state index contributed by atoms with van der Waals surface area (Å²) in [5.41, 5.74) is 4.29. The van der Waals surface area contributed by atoms with Crippen molar-refractivity contribution < 1.29 is 0 Å². The molecule has 150 valence electrons. The molecular formula is C22H31N5S. The molecule has 0 atom stereocenters. The molecule has 0 spiro atoms. The van der Waals surface area contributed by atoms with Crippen LogP contribution in [0.25, 0.3) is 16.8 Å². The van der Waals surface area contributed by atoms with Crippen LogP contribution >= 0.6 is 11.8 Å². The number of thioether (sulfide) groups is 1. The standard InChI is InChI=1S/C22H31N5S/c1-7-13-26(14-8-2)22-21(28-6)24-20-18(10-9-15-27(20)22)17-11-12-19(25(4)5)23-16(17)3/h9-12,15H,7-8,13-14H2,1-6H3. The Kier molecular flexibility index (Phi) is 6.50. The number of aromatic nitrogens is 3. The normalized spacial score (nSPS) is 11.2. The molecule has 0 amide bonds. The van der Waals surface area contributed by atoms with E-state index in [1.165, 1.54) is 5.82 Å². The van der Waals surface area contributed by atoms with E-state index in [0.29, 0.717) is 0 Å². The van der Waals surface area contributed by atoms with Crippen LogP contribution in [0, 0.1) is 6.92 Å². The van der Waals surface area contributed by atoms with Crippen molar-refractivity contribution in [2.24, 2.45) is 0 Å². The highest BCUT2D eigenvalue weighted by Crippen LogP contribution is 2.35. The number of anilines is 2. The predicted octanol–water partition coefficient (Wildman–Crippen LogP) is 5.12. The zero-order valence-corrected chi connectivity index (χ0v) is 18.7. The number of fused-ring (bicyclic) bond motifs is 1. The maximum atomic E-state index is 5.04. The van der Waals surface area contributed by atoms with Gasteiger partial charge in [-0.2, -0.15) is 0 Å². The second-order valence-corrected chi connectivity index (χ2v) is 8.04. The van der Waals surface area contributed by atoms with Gasteiger partial charge in [-0.3, -0.25) is 4.40 Å². The molecule has 0 bridgehead atoms. The summed E-state index contributed by atoms with van der Waals surface area (Å²) in [7, 11) is 4.04. The average Bonchev–Trinajstić information content (AvgIpc) is 3.06. The van der Waals surface area contributed by atoms with E-state index < -0.39 is 0 Å².